The second-order valence-corrected chi connectivity index (χ2v) is 4.88. The molecule has 1 aliphatic heterocycles. The van der Waals surface area contributed by atoms with Crippen LogP contribution in [0.4, 0.5) is 0 Å². The average Bonchev–Trinajstić information content (AvgIpc) is 2.48. The summed E-state index contributed by atoms with van der Waals surface area (Å²) >= 11 is 0. The summed E-state index contributed by atoms with van der Waals surface area (Å²) < 4.78 is 5.36. The molecule has 1 aliphatic rings. The Bertz CT molecular complexity index is 548. The van der Waals surface area contributed by atoms with Crippen molar-refractivity contribution in [3.05, 3.63) is 42.1 Å². The van der Waals surface area contributed by atoms with Crippen LogP contribution in [0, 0.1) is 6.92 Å². The molecule has 0 radical (unpaired) electrons. The lowest BCUT2D eigenvalue weighted by Crippen LogP contribution is -2.16. The number of rotatable bonds is 2. The Morgan fingerprint density at radius 1 is 1.11 bits per heavy atom. The Balaban J connectivity index is 1.82. The maximum Gasteiger partial charge on any atom is 0.131 e. The number of aromatic nitrogens is 3. The van der Waals surface area contributed by atoms with Crippen molar-refractivity contribution in [2.24, 2.45) is 0 Å². The second-order valence-electron chi connectivity index (χ2n) is 4.88. The quantitative estimate of drug-likeness (QED) is 0.828. The fraction of sp³-hybridized carbons (Fsp3) is 0.400. The van der Waals surface area contributed by atoms with Gasteiger partial charge in [0.15, 0.2) is 0 Å². The van der Waals surface area contributed by atoms with Gasteiger partial charge >= 0.3 is 0 Å². The van der Waals surface area contributed by atoms with E-state index >= 15 is 0 Å². The first-order valence-corrected chi connectivity index (χ1v) is 6.66. The van der Waals surface area contributed by atoms with Crippen molar-refractivity contribution in [3.8, 4) is 11.3 Å². The molecule has 0 atom stereocenters. The van der Waals surface area contributed by atoms with Gasteiger partial charge in [0, 0.05) is 42.8 Å². The van der Waals surface area contributed by atoms with Crippen LogP contribution in [0.1, 0.15) is 30.3 Å². The summed E-state index contributed by atoms with van der Waals surface area (Å²) in [5.41, 5.74) is 2.91. The Kier molecular flexibility index (Phi) is 3.51. The van der Waals surface area contributed by atoms with Crippen LogP contribution in [0.3, 0.4) is 0 Å². The zero-order valence-electron chi connectivity index (χ0n) is 11.0. The highest BCUT2D eigenvalue weighted by Crippen LogP contribution is 2.24. The molecule has 0 amide bonds. The highest BCUT2D eigenvalue weighted by atomic mass is 16.5. The van der Waals surface area contributed by atoms with Gasteiger partial charge in [0.05, 0.1) is 5.69 Å². The Morgan fingerprint density at radius 3 is 2.53 bits per heavy atom. The first-order chi connectivity index (χ1) is 9.33. The first-order valence-electron chi connectivity index (χ1n) is 6.66. The van der Waals surface area contributed by atoms with E-state index in [1.165, 1.54) is 0 Å². The average molecular weight is 255 g/mol. The maximum atomic E-state index is 5.36. The molecule has 0 bridgehead atoms. The lowest BCUT2D eigenvalue weighted by molar-refractivity contribution is 0.0836. The Labute approximate surface area is 112 Å². The summed E-state index contributed by atoms with van der Waals surface area (Å²) in [6.07, 6.45) is 5.78. The third-order valence-corrected chi connectivity index (χ3v) is 3.44. The zero-order chi connectivity index (χ0) is 13.1. The van der Waals surface area contributed by atoms with Crippen molar-refractivity contribution in [1.82, 2.24) is 15.0 Å². The van der Waals surface area contributed by atoms with Gasteiger partial charge in [-0.25, -0.2) is 9.97 Å². The topological polar surface area (TPSA) is 47.9 Å². The standard InChI is InChI=1S/C15H17N3O/c1-11-3-2-4-14(18-11)13-9-16-15(17-10-13)12-5-7-19-8-6-12/h2-4,9-10,12H,5-8H2,1H3. The van der Waals surface area contributed by atoms with Gasteiger partial charge in [-0.3, -0.25) is 4.98 Å². The van der Waals surface area contributed by atoms with E-state index in [-0.39, 0.29) is 0 Å². The minimum atomic E-state index is 0.438. The van der Waals surface area contributed by atoms with Gasteiger partial charge in [-0.1, -0.05) is 6.07 Å². The number of hydrogen-bond acceptors (Lipinski definition) is 4. The molecule has 0 saturated carbocycles. The number of aryl methyl sites for hydroxylation is 1. The summed E-state index contributed by atoms with van der Waals surface area (Å²) in [5, 5.41) is 0. The molecule has 4 nitrogen and oxygen atoms in total. The molecule has 2 aromatic heterocycles. The van der Waals surface area contributed by atoms with E-state index in [9.17, 15) is 0 Å². The highest BCUT2D eigenvalue weighted by Gasteiger charge is 2.18. The molecule has 3 rings (SSSR count). The van der Waals surface area contributed by atoms with Gasteiger partial charge in [-0.15, -0.1) is 0 Å². The van der Waals surface area contributed by atoms with Gasteiger partial charge < -0.3 is 4.74 Å². The fourth-order valence-corrected chi connectivity index (χ4v) is 2.34. The summed E-state index contributed by atoms with van der Waals surface area (Å²) in [5.74, 6) is 1.37. The largest absolute Gasteiger partial charge is 0.381 e. The van der Waals surface area contributed by atoms with Gasteiger partial charge in [0.1, 0.15) is 5.82 Å². The molecule has 3 heterocycles. The van der Waals surface area contributed by atoms with Crippen molar-refractivity contribution in [1.29, 1.82) is 0 Å². The number of pyridine rings is 1. The molecule has 2 aromatic rings. The summed E-state index contributed by atoms with van der Waals surface area (Å²) in [6, 6.07) is 5.98. The van der Waals surface area contributed by atoms with E-state index in [1.54, 1.807) is 0 Å². The normalized spacial score (nSPS) is 16.5. The minimum Gasteiger partial charge on any atom is -0.381 e. The monoisotopic (exact) mass is 255 g/mol. The highest BCUT2D eigenvalue weighted by molar-refractivity contribution is 5.56. The minimum absolute atomic E-state index is 0.438. The number of hydrogen-bond donors (Lipinski definition) is 0. The van der Waals surface area contributed by atoms with E-state index in [0.717, 1.165) is 48.8 Å². The predicted molar refractivity (Wildman–Crippen MR) is 72.8 cm³/mol. The van der Waals surface area contributed by atoms with Crippen LogP contribution >= 0.6 is 0 Å². The smallest absolute Gasteiger partial charge is 0.131 e. The van der Waals surface area contributed by atoms with Crippen LogP contribution in [0.25, 0.3) is 11.3 Å². The van der Waals surface area contributed by atoms with Crippen molar-refractivity contribution in [3.63, 3.8) is 0 Å². The lowest BCUT2D eigenvalue weighted by Gasteiger charge is -2.20. The van der Waals surface area contributed by atoms with Crippen LogP contribution in [0.5, 0.6) is 0 Å². The third kappa shape index (κ3) is 2.79. The van der Waals surface area contributed by atoms with E-state index in [0.29, 0.717) is 5.92 Å². The summed E-state index contributed by atoms with van der Waals surface area (Å²) in [7, 11) is 0. The predicted octanol–water partition coefficient (Wildman–Crippen LogP) is 2.74. The van der Waals surface area contributed by atoms with Crippen LogP contribution in [-0.4, -0.2) is 28.2 Å². The van der Waals surface area contributed by atoms with E-state index in [1.807, 2.05) is 37.5 Å². The van der Waals surface area contributed by atoms with Crippen LogP contribution < -0.4 is 0 Å². The van der Waals surface area contributed by atoms with E-state index in [2.05, 4.69) is 15.0 Å². The lowest BCUT2D eigenvalue weighted by atomic mass is 9.99. The van der Waals surface area contributed by atoms with Crippen molar-refractivity contribution >= 4 is 0 Å². The molecule has 0 aromatic carbocycles. The van der Waals surface area contributed by atoms with Gasteiger partial charge in [0.25, 0.3) is 0 Å². The number of ether oxygens (including phenoxy) is 1. The molecule has 0 unspecified atom stereocenters. The Hall–Kier alpha value is -1.81. The van der Waals surface area contributed by atoms with Crippen LogP contribution in [-0.2, 0) is 4.74 Å². The molecule has 4 heteroatoms. The van der Waals surface area contributed by atoms with Crippen molar-refractivity contribution in [2.45, 2.75) is 25.7 Å². The third-order valence-electron chi connectivity index (χ3n) is 3.44. The van der Waals surface area contributed by atoms with Crippen LogP contribution in [0.2, 0.25) is 0 Å². The molecule has 19 heavy (non-hydrogen) atoms. The second kappa shape index (κ2) is 5.45. The summed E-state index contributed by atoms with van der Waals surface area (Å²) in [6.45, 7) is 3.62. The number of nitrogens with zero attached hydrogens (tertiary/aromatic N) is 3. The van der Waals surface area contributed by atoms with Gasteiger partial charge in [-0.2, -0.15) is 0 Å². The van der Waals surface area contributed by atoms with Gasteiger partial charge in [0.2, 0.25) is 0 Å². The van der Waals surface area contributed by atoms with Crippen molar-refractivity contribution < 1.29 is 4.74 Å². The fourth-order valence-electron chi connectivity index (χ4n) is 2.34. The summed E-state index contributed by atoms with van der Waals surface area (Å²) in [4.78, 5) is 13.5. The zero-order valence-corrected chi connectivity index (χ0v) is 11.0. The SMILES string of the molecule is Cc1cccc(-c2cnc(C3CCOCC3)nc2)n1. The molecular weight excluding hydrogens is 238 g/mol. The van der Waals surface area contributed by atoms with E-state index < -0.39 is 0 Å². The molecule has 0 aliphatic carbocycles. The molecule has 1 fully saturated rings. The first kappa shape index (κ1) is 12.2. The molecular formula is C15H17N3O. The van der Waals surface area contributed by atoms with Gasteiger partial charge in [-0.05, 0) is 31.9 Å². The van der Waals surface area contributed by atoms with E-state index in [4.69, 9.17) is 4.74 Å². The van der Waals surface area contributed by atoms with Crippen LogP contribution in [0.15, 0.2) is 30.6 Å². The molecule has 0 N–H and O–H groups in total. The Morgan fingerprint density at radius 2 is 1.84 bits per heavy atom. The maximum absolute atomic E-state index is 5.36. The molecule has 0 spiro atoms. The molecule has 1 saturated heterocycles. The molecule has 98 valence electrons. The van der Waals surface area contributed by atoms with Crippen molar-refractivity contribution in [2.75, 3.05) is 13.2 Å².